The molecular weight excluding hydrogens is 398 g/mol. The Morgan fingerprint density at radius 3 is 1.96 bits per heavy atom. The van der Waals surface area contributed by atoms with Crippen LogP contribution in [0.3, 0.4) is 0 Å². The fraction of sp³-hybridized carbons (Fsp3) is 0.176. The van der Waals surface area contributed by atoms with Crippen molar-refractivity contribution in [2.45, 2.75) is 18.3 Å². The third-order valence-corrected chi connectivity index (χ3v) is 3.67. The first-order chi connectivity index (χ1) is 12.9. The van der Waals surface area contributed by atoms with Crippen molar-refractivity contribution in [3.8, 4) is 11.5 Å². The molecule has 0 spiro atoms. The first-order valence-corrected chi connectivity index (χ1v) is 7.31. The number of para-hydroxylation sites is 1. The lowest BCUT2D eigenvalue weighted by Gasteiger charge is -2.28. The minimum Gasteiger partial charge on any atom is -0.478 e. The Hall–Kier alpha value is -3.24. The summed E-state index contributed by atoms with van der Waals surface area (Å²) in [5, 5.41) is 18.0. The van der Waals surface area contributed by atoms with Crippen LogP contribution in [0.1, 0.15) is 26.3 Å². The maximum Gasteiger partial charge on any atom is 0.432 e. The summed E-state index contributed by atoms with van der Waals surface area (Å²) >= 11 is 0. The molecule has 0 heterocycles. The van der Waals surface area contributed by atoms with Crippen LogP contribution in [0.4, 0.5) is 26.3 Å². The molecule has 0 aliphatic carbocycles. The molecule has 1 atom stereocenters. The van der Waals surface area contributed by atoms with Gasteiger partial charge in [-0.15, -0.1) is 0 Å². The topological polar surface area (TPSA) is 83.8 Å². The molecule has 150 valence electrons. The number of ether oxygens (including phenoxy) is 1. The molecule has 1 unspecified atom stereocenters. The zero-order valence-electron chi connectivity index (χ0n) is 13.5. The van der Waals surface area contributed by atoms with Gasteiger partial charge in [-0.1, -0.05) is 18.2 Å². The third-order valence-electron chi connectivity index (χ3n) is 3.67. The van der Waals surface area contributed by atoms with E-state index in [4.69, 9.17) is 14.9 Å². The van der Waals surface area contributed by atoms with E-state index in [0.717, 1.165) is 30.3 Å². The van der Waals surface area contributed by atoms with Crippen molar-refractivity contribution < 1.29 is 50.9 Å². The Morgan fingerprint density at radius 1 is 0.893 bits per heavy atom. The molecule has 0 fully saturated rings. The van der Waals surface area contributed by atoms with Crippen LogP contribution < -0.4 is 4.74 Å². The molecule has 0 saturated heterocycles. The summed E-state index contributed by atoms with van der Waals surface area (Å²) in [6.07, 6.45) is -10.4. The van der Waals surface area contributed by atoms with Crippen molar-refractivity contribution in [2.75, 3.05) is 0 Å². The Labute approximate surface area is 152 Å². The fourth-order valence-corrected chi connectivity index (χ4v) is 2.33. The summed E-state index contributed by atoms with van der Waals surface area (Å²) in [6, 6.07) is 5.57. The zero-order chi connectivity index (χ0) is 21.3. The second-order valence-corrected chi connectivity index (χ2v) is 5.43. The van der Waals surface area contributed by atoms with Crippen LogP contribution in [-0.2, 0) is 5.67 Å². The SMILES string of the molecule is O=C(O)c1ccc(Oc2ccccc2C(F)(C(F)F)C(F)(F)F)cc1C(=O)O. The van der Waals surface area contributed by atoms with Gasteiger partial charge < -0.3 is 14.9 Å². The number of carboxylic acids is 2. The van der Waals surface area contributed by atoms with E-state index >= 15 is 0 Å². The van der Waals surface area contributed by atoms with Crippen molar-refractivity contribution in [2.24, 2.45) is 0 Å². The third kappa shape index (κ3) is 3.73. The molecule has 0 radical (unpaired) electrons. The van der Waals surface area contributed by atoms with Crippen LogP contribution in [0.2, 0.25) is 0 Å². The lowest BCUT2D eigenvalue weighted by Crippen LogP contribution is -2.44. The van der Waals surface area contributed by atoms with Gasteiger partial charge in [0.1, 0.15) is 11.5 Å². The van der Waals surface area contributed by atoms with Crippen LogP contribution in [0, 0.1) is 0 Å². The Balaban J connectivity index is 2.57. The largest absolute Gasteiger partial charge is 0.478 e. The normalized spacial score (nSPS) is 13.8. The fourth-order valence-electron chi connectivity index (χ4n) is 2.33. The highest BCUT2D eigenvalue weighted by Crippen LogP contribution is 2.50. The van der Waals surface area contributed by atoms with E-state index in [2.05, 4.69) is 0 Å². The van der Waals surface area contributed by atoms with E-state index in [1.54, 1.807) is 0 Å². The van der Waals surface area contributed by atoms with Crippen molar-refractivity contribution >= 4 is 11.9 Å². The number of carbonyl (C=O) groups is 2. The van der Waals surface area contributed by atoms with E-state index < -0.39 is 58.4 Å². The number of hydrogen-bond acceptors (Lipinski definition) is 3. The quantitative estimate of drug-likeness (QED) is 0.667. The van der Waals surface area contributed by atoms with Gasteiger partial charge in [-0.05, 0) is 24.3 Å². The van der Waals surface area contributed by atoms with Crippen molar-refractivity contribution in [3.05, 3.63) is 59.2 Å². The molecule has 11 heteroatoms. The number of aromatic carboxylic acids is 2. The summed E-state index contributed by atoms with van der Waals surface area (Å²) in [4.78, 5) is 22.2. The molecule has 0 saturated carbocycles. The molecule has 0 aliphatic heterocycles. The highest BCUT2D eigenvalue weighted by Gasteiger charge is 2.65. The molecular formula is C17H10F6O5. The minimum absolute atomic E-state index is 0.457. The Bertz CT molecular complexity index is 911. The monoisotopic (exact) mass is 408 g/mol. The van der Waals surface area contributed by atoms with E-state index in [9.17, 15) is 35.9 Å². The highest BCUT2D eigenvalue weighted by molar-refractivity contribution is 6.02. The maximum atomic E-state index is 14.4. The predicted molar refractivity (Wildman–Crippen MR) is 81.7 cm³/mol. The van der Waals surface area contributed by atoms with Crippen molar-refractivity contribution in [3.63, 3.8) is 0 Å². The first kappa shape index (κ1) is 21.1. The summed E-state index contributed by atoms with van der Waals surface area (Å²) in [7, 11) is 0. The predicted octanol–water partition coefficient (Wildman–Crippen LogP) is 4.87. The van der Waals surface area contributed by atoms with Crippen LogP contribution in [0.5, 0.6) is 11.5 Å². The van der Waals surface area contributed by atoms with Crippen molar-refractivity contribution in [1.82, 2.24) is 0 Å². The zero-order valence-corrected chi connectivity index (χ0v) is 13.5. The van der Waals surface area contributed by atoms with E-state index in [1.165, 1.54) is 0 Å². The number of alkyl halides is 6. The molecule has 2 aromatic rings. The first-order valence-electron chi connectivity index (χ1n) is 7.31. The maximum absolute atomic E-state index is 14.4. The lowest BCUT2D eigenvalue weighted by atomic mass is 9.94. The van der Waals surface area contributed by atoms with Gasteiger partial charge in [0.15, 0.2) is 0 Å². The van der Waals surface area contributed by atoms with E-state index in [0.29, 0.717) is 12.1 Å². The summed E-state index contributed by atoms with van der Waals surface area (Å²) < 4.78 is 84.4. The highest BCUT2D eigenvalue weighted by atomic mass is 19.4. The lowest BCUT2D eigenvalue weighted by molar-refractivity contribution is -0.274. The summed E-state index contributed by atoms with van der Waals surface area (Å²) in [5.41, 5.74) is -7.97. The van der Waals surface area contributed by atoms with Gasteiger partial charge >= 0.3 is 18.1 Å². The van der Waals surface area contributed by atoms with Gasteiger partial charge in [0.25, 0.3) is 12.1 Å². The molecule has 0 bridgehead atoms. The minimum atomic E-state index is -5.97. The Morgan fingerprint density at radius 2 is 1.46 bits per heavy atom. The number of rotatable bonds is 6. The number of benzene rings is 2. The van der Waals surface area contributed by atoms with Crippen LogP contribution in [0.25, 0.3) is 0 Å². The standard InChI is InChI=1S/C17H10F6O5/c18-15(19)16(20,17(21,22)23)11-3-1-2-4-12(11)28-8-5-6-9(13(24)25)10(7-8)14(26)27/h1-7,15H,(H,24,25)(H,26,27). The van der Waals surface area contributed by atoms with Gasteiger partial charge in [-0.2, -0.15) is 13.2 Å². The summed E-state index contributed by atoms with van der Waals surface area (Å²) in [6.45, 7) is 0. The number of carboxylic acid groups (broad SMARTS) is 2. The van der Waals surface area contributed by atoms with Crippen LogP contribution in [-0.4, -0.2) is 34.8 Å². The molecule has 28 heavy (non-hydrogen) atoms. The molecule has 2 N–H and O–H groups in total. The average Bonchev–Trinajstić information content (AvgIpc) is 2.60. The van der Waals surface area contributed by atoms with Crippen LogP contribution >= 0.6 is 0 Å². The van der Waals surface area contributed by atoms with E-state index in [1.807, 2.05) is 0 Å². The molecule has 0 amide bonds. The van der Waals surface area contributed by atoms with Gasteiger partial charge in [0.2, 0.25) is 0 Å². The van der Waals surface area contributed by atoms with Crippen LogP contribution in [0.15, 0.2) is 42.5 Å². The van der Waals surface area contributed by atoms with E-state index in [-0.39, 0.29) is 0 Å². The van der Waals surface area contributed by atoms with Crippen molar-refractivity contribution in [1.29, 1.82) is 0 Å². The molecule has 0 aliphatic rings. The smallest absolute Gasteiger partial charge is 0.432 e. The van der Waals surface area contributed by atoms with Gasteiger partial charge in [0, 0.05) is 5.56 Å². The number of hydrogen-bond donors (Lipinski definition) is 2. The summed E-state index contributed by atoms with van der Waals surface area (Å²) in [5.74, 6) is -4.71. The molecule has 2 rings (SSSR count). The second-order valence-electron chi connectivity index (χ2n) is 5.43. The molecule has 5 nitrogen and oxygen atoms in total. The second kappa shape index (κ2) is 7.41. The molecule has 0 aromatic heterocycles. The number of halogens is 6. The van der Waals surface area contributed by atoms with Gasteiger partial charge in [-0.3, -0.25) is 0 Å². The average molecular weight is 408 g/mol. The van der Waals surface area contributed by atoms with Gasteiger partial charge in [-0.25, -0.2) is 22.8 Å². The van der Waals surface area contributed by atoms with Gasteiger partial charge in [0.05, 0.1) is 11.1 Å². The Kier molecular flexibility index (Phi) is 5.57. The molecule has 2 aromatic carbocycles.